The van der Waals surface area contributed by atoms with E-state index in [2.05, 4.69) is 29.6 Å². The van der Waals surface area contributed by atoms with Crippen molar-refractivity contribution < 1.29 is 27.4 Å². The second-order valence-corrected chi connectivity index (χ2v) is 12.0. The summed E-state index contributed by atoms with van der Waals surface area (Å²) >= 11 is 0.974. The average molecular weight is 517 g/mol. The van der Waals surface area contributed by atoms with Crippen molar-refractivity contribution in [1.82, 2.24) is 4.98 Å². The van der Waals surface area contributed by atoms with Gasteiger partial charge in [-0.25, -0.2) is 22.6 Å². The molecule has 1 heterocycles. The molecule has 1 aliphatic carbocycles. The number of carbonyl (C=O) groups is 1. The van der Waals surface area contributed by atoms with Gasteiger partial charge in [0.2, 0.25) is 0 Å². The summed E-state index contributed by atoms with van der Waals surface area (Å²) in [6.07, 6.45) is 6.72. The number of benzene rings is 2. The number of hydrogen-bond donors (Lipinski definition) is 2. The van der Waals surface area contributed by atoms with Gasteiger partial charge in [-0.3, -0.25) is 4.72 Å². The number of thiazole rings is 1. The zero-order valence-corrected chi connectivity index (χ0v) is 21.1. The van der Waals surface area contributed by atoms with E-state index in [9.17, 15) is 17.6 Å². The second-order valence-electron chi connectivity index (χ2n) is 9.10. The Balaban J connectivity index is 1.55. The molecule has 7 nitrogen and oxygen atoms in total. The molecule has 0 atom stereocenters. The maximum absolute atomic E-state index is 14.1. The van der Waals surface area contributed by atoms with Crippen molar-refractivity contribution in [2.24, 2.45) is 5.41 Å². The molecule has 0 radical (unpaired) electrons. The van der Waals surface area contributed by atoms with Crippen molar-refractivity contribution in [3.05, 3.63) is 65.6 Å². The first kappa shape index (κ1) is 24.9. The summed E-state index contributed by atoms with van der Waals surface area (Å²) in [5.41, 5.74) is 2.74. The Hall–Kier alpha value is -3.24. The van der Waals surface area contributed by atoms with Crippen LogP contribution in [0.5, 0.6) is 5.75 Å². The quantitative estimate of drug-likeness (QED) is 0.396. The number of allylic oxidation sites excluding steroid dienone is 2. The lowest BCUT2D eigenvalue weighted by Crippen LogP contribution is -2.13. The number of aromatic carboxylic acids is 1. The first-order chi connectivity index (χ1) is 16.5. The predicted molar refractivity (Wildman–Crippen MR) is 134 cm³/mol. The lowest BCUT2D eigenvalue weighted by atomic mass is 9.77. The van der Waals surface area contributed by atoms with Crippen molar-refractivity contribution in [1.29, 1.82) is 0 Å². The Morgan fingerprint density at radius 3 is 2.49 bits per heavy atom. The van der Waals surface area contributed by atoms with Crippen LogP contribution >= 0.6 is 11.3 Å². The molecule has 0 spiro atoms. The summed E-state index contributed by atoms with van der Waals surface area (Å²) in [7, 11) is -2.89. The summed E-state index contributed by atoms with van der Waals surface area (Å²) < 4.78 is 47.2. The first-order valence-corrected chi connectivity index (χ1v) is 13.2. The number of hydrogen-bond acceptors (Lipinski definition) is 6. The van der Waals surface area contributed by atoms with Gasteiger partial charge >= 0.3 is 5.97 Å². The molecule has 2 aromatic carbocycles. The van der Waals surface area contributed by atoms with Gasteiger partial charge in [-0.05, 0) is 41.9 Å². The molecule has 10 heteroatoms. The van der Waals surface area contributed by atoms with Gasteiger partial charge in [0.1, 0.15) is 16.6 Å². The summed E-state index contributed by atoms with van der Waals surface area (Å²) in [5.74, 6) is -2.69. The molecule has 1 aliphatic rings. The van der Waals surface area contributed by atoms with Gasteiger partial charge in [0.25, 0.3) is 10.0 Å². The third-order valence-electron chi connectivity index (χ3n) is 5.99. The van der Waals surface area contributed by atoms with Crippen LogP contribution in [0.15, 0.2) is 52.9 Å². The topological polar surface area (TPSA) is 106 Å². The van der Waals surface area contributed by atoms with Crippen molar-refractivity contribution in [3.63, 3.8) is 0 Å². The highest BCUT2D eigenvalue weighted by atomic mass is 32.2. The van der Waals surface area contributed by atoms with Crippen LogP contribution in [0.2, 0.25) is 0 Å². The Kier molecular flexibility index (Phi) is 6.70. The number of sulfonamides is 1. The van der Waals surface area contributed by atoms with E-state index < -0.39 is 27.4 Å². The maximum Gasteiger partial charge on any atom is 0.338 e. The number of nitrogens with one attached hydrogen (secondary N) is 1. The van der Waals surface area contributed by atoms with E-state index in [4.69, 9.17) is 9.84 Å². The summed E-state index contributed by atoms with van der Waals surface area (Å²) in [6, 6.07) is 9.58. The molecule has 0 saturated carbocycles. The molecule has 0 amide bonds. The summed E-state index contributed by atoms with van der Waals surface area (Å²) in [4.78, 5) is 15.4. The van der Waals surface area contributed by atoms with Crippen molar-refractivity contribution in [2.45, 2.75) is 37.3 Å². The average Bonchev–Trinajstić information content (AvgIpc) is 3.30. The number of rotatable bonds is 7. The van der Waals surface area contributed by atoms with E-state index in [1.165, 1.54) is 18.9 Å². The molecule has 0 bridgehead atoms. The number of methoxy groups -OCH3 is 1. The van der Waals surface area contributed by atoms with Crippen molar-refractivity contribution in [3.8, 4) is 16.3 Å². The first-order valence-electron chi connectivity index (χ1n) is 10.9. The Bertz CT molecular complexity index is 1410. The third-order valence-corrected chi connectivity index (χ3v) is 8.86. The van der Waals surface area contributed by atoms with Crippen molar-refractivity contribution in [2.75, 3.05) is 11.8 Å². The highest BCUT2D eigenvalue weighted by Gasteiger charge is 2.24. The van der Waals surface area contributed by atoms with Gasteiger partial charge in [-0.2, -0.15) is 0 Å². The van der Waals surface area contributed by atoms with Crippen LogP contribution in [-0.2, 0) is 10.0 Å². The molecule has 3 aromatic rings. The molecule has 4 rings (SSSR count). The Morgan fingerprint density at radius 2 is 1.89 bits per heavy atom. The standard InChI is InChI=1S/C25H25FN2O5S2/c1-25(2)10-8-16(9-11-25)15-4-6-17(7-5-15)23-27-14-22(34-23)35(31,32)28-20-13-19(26)18(24(29)30)12-21(20)33-3/h4-8,12-14,28H,9-11H2,1-3H3,(H,29,30). The van der Waals surface area contributed by atoms with Crippen LogP contribution in [0.25, 0.3) is 16.1 Å². The van der Waals surface area contributed by atoms with Crippen LogP contribution in [0.1, 0.15) is 49.0 Å². The zero-order chi connectivity index (χ0) is 25.4. The van der Waals surface area contributed by atoms with E-state index in [0.29, 0.717) is 10.4 Å². The van der Waals surface area contributed by atoms with E-state index in [1.807, 2.05) is 24.3 Å². The fraction of sp³-hybridized carbons (Fsp3) is 0.280. The van der Waals surface area contributed by atoms with Gasteiger partial charge in [-0.1, -0.05) is 44.2 Å². The van der Waals surface area contributed by atoms with E-state index in [0.717, 1.165) is 53.9 Å². The minimum atomic E-state index is -4.12. The van der Waals surface area contributed by atoms with Crippen molar-refractivity contribution >= 4 is 38.6 Å². The second kappa shape index (κ2) is 9.43. The largest absolute Gasteiger partial charge is 0.495 e. The fourth-order valence-corrected chi connectivity index (χ4v) is 6.04. The molecule has 184 valence electrons. The lowest BCUT2D eigenvalue weighted by molar-refractivity contribution is 0.0691. The molecular formula is C25H25FN2O5S2. The number of carboxylic acids is 1. The van der Waals surface area contributed by atoms with E-state index >= 15 is 0 Å². The Morgan fingerprint density at radius 1 is 1.20 bits per heavy atom. The molecule has 0 unspecified atom stereocenters. The summed E-state index contributed by atoms with van der Waals surface area (Å²) in [5, 5.41) is 9.59. The van der Waals surface area contributed by atoms with Gasteiger partial charge < -0.3 is 9.84 Å². The molecule has 35 heavy (non-hydrogen) atoms. The maximum atomic E-state index is 14.1. The highest BCUT2D eigenvalue weighted by Crippen LogP contribution is 2.39. The van der Waals surface area contributed by atoms with Crippen LogP contribution in [0.4, 0.5) is 10.1 Å². The number of carboxylic acid groups (broad SMARTS) is 1. The molecular weight excluding hydrogens is 491 g/mol. The lowest BCUT2D eigenvalue weighted by Gasteiger charge is -2.28. The monoisotopic (exact) mass is 516 g/mol. The van der Waals surface area contributed by atoms with Crippen LogP contribution < -0.4 is 9.46 Å². The zero-order valence-electron chi connectivity index (χ0n) is 19.5. The molecule has 2 N–H and O–H groups in total. The smallest absolute Gasteiger partial charge is 0.338 e. The molecule has 0 aliphatic heterocycles. The molecule has 0 saturated heterocycles. The van der Waals surface area contributed by atoms with Gasteiger partial charge in [0.05, 0.1) is 24.6 Å². The fourth-order valence-electron chi connectivity index (χ4n) is 3.84. The normalized spacial score (nSPS) is 15.4. The van der Waals surface area contributed by atoms with Gasteiger partial charge in [-0.15, -0.1) is 11.3 Å². The third kappa shape index (κ3) is 5.38. The molecule has 1 aromatic heterocycles. The Labute approximate surface area is 207 Å². The molecule has 0 fully saturated rings. The van der Waals surface area contributed by atoms with Gasteiger partial charge in [0, 0.05) is 11.6 Å². The van der Waals surface area contributed by atoms with Crippen LogP contribution in [-0.4, -0.2) is 31.6 Å². The minimum Gasteiger partial charge on any atom is -0.495 e. The number of nitrogens with zero attached hydrogens (tertiary/aromatic N) is 1. The number of anilines is 1. The van der Waals surface area contributed by atoms with Gasteiger partial charge in [0.15, 0.2) is 4.21 Å². The highest BCUT2D eigenvalue weighted by molar-refractivity contribution is 7.94. The van der Waals surface area contributed by atoms with E-state index in [1.54, 1.807) is 0 Å². The summed E-state index contributed by atoms with van der Waals surface area (Å²) in [6.45, 7) is 4.54. The SMILES string of the molecule is COc1cc(C(=O)O)c(F)cc1NS(=O)(=O)c1cnc(-c2ccc(C3=CCC(C)(C)CC3)cc2)s1. The van der Waals surface area contributed by atoms with Crippen LogP contribution in [0, 0.1) is 11.2 Å². The number of ether oxygens (including phenoxy) is 1. The van der Waals surface area contributed by atoms with Crippen LogP contribution in [0.3, 0.4) is 0 Å². The number of halogens is 1. The predicted octanol–water partition coefficient (Wildman–Crippen LogP) is 6.05. The van der Waals surface area contributed by atoms with E-state index in [-0.39, 0.29) is 15.6 Å². The minimum absolute atomic E-state index is 0.0708. The number of aromatic nitrogens is 1.